The molecule has 8 nitrogen and oxygen atoms in total. The van der Waals surface area contributed by atoms with Crippen molar-refractivity contribution in [1.29, 1.82) is 0 Å². The van der Waals surface area contributed by atoms with E-state index >= 15 is 0 Å². The molecule has 174 valence electrons. The summed E-state index contributed by atoms with van der Waals surface area (Å²) in [6.45, 7) is 4.16. The summed E-state index contributed by atoms with van der Waals surface area (Å²) in [5.41, 5.74) is 1.42. The fourth-order valence-corrected chi connectivity index (χ4v) is 4.32. The summed E-state index contributed by atoms with van der Waals surface area (Å²) in [5, 5.41) is 22.9. The number of carbonyl (C=O) groups excluding carboxylic acids is 2. The van der Waals surface area contributed by atoms with Crippen molar-refractivity contribution in [2.24, 2.45) is 0 Å². The van der Waals surface area contributed by atoms with Gasteiger partial charge in [0.05, 0.1) is 30.7 Å². The van der Waals surface area contributed by atoms with Crippen molar-refractivity contribution in [3.8, 4) is 5.75 Å². The number of carbonyl (C=O) groups is 2. The number of fused-ring (bicyclic) bond motifs is 1. The monoisotopic (exact) mass is 460 g/mol. The molecule has 1 aliphatic heterocycles. The molecule has 0 fully saturated rings. The van der Waals surface area contributed by atoms with Gasteiger partial charge in [0.2, 0.25) is 0 Å². The molecule has 0 saturated carbocycles. The molecule has 34 heavy (non-hydrogen) atoms. The van der Waals surface area contributed by atoms with E-state index in [2.05, 4.69) is 0 Å². The van der Waals surface area contributed by atoms with E-state index in [4.69, 9.17) is 4.74 Å². The van der Waals surface area contributed by atoms with Crippen LogP contribution in [-0.2, 0) is 16.9 Å². The largest absolute Gasteiger partial charge is 0.490 e. The summed E-state index contributed by atoms with van der Waals surface area (Å²) < 4.78 is 4.98. The summed E-state index contributed by atoms with van der Waals surface area (Å²) in [4.78, 5) is 38.8. The molecule has 1 unspecified atom stereocenters. The average Bonchev–Trinajstić information content (AvgIpc) is 3.02. The molecule has 0 spiro atoms. The quantitative estimate of drug-likeness (QED) is 0.321. The number of aryl methyl sites for hydroxylation is 2. The van der Waals surface area contributed by atoms with Crippen LogP contribution in [0.4, 0.5) is 11.4 Å². The first-order valence-corrected chi connectivity index (χ1v) is 10.7. The number of aliphatic hydroxyl groups is 1. The smallest absolute Gasteiger partial charge is 0.311 e. The van der Waals surface area contributed by atoms with Gasteiger partial charge in [-0.15, -0.1) is 0 Å². The van der Waals surface area contributed by atoms with E-state index in [1.54, 1.807) is 24.3 Å². The molecule has 4 rings (SSSR count). The van der Waals surface area contributed by atoms with Crippen molar-refractivity contribution < 1.29 is 24.4 Å². The Hall–Kier alpha value is -4.04. The normalized spacial score (nSPS) is 16.9. The molecule has 3 aromatic rings. The van der Waals surface area contributed by atoms with Gasteiger partial charge in [-0.3, -0.25) is 19.7 Å². The van der Waals surface area contributed by atoms with Gasteiger partial charge in [-0.2, -0.15) is 0 Å². The summed E-state index contributed by atoms with van der Waals surface area (Å²) in [5.74, 6) is -1.18. The highest BCUT2D eigenvalue weighted by Gasteiger charge is 2.50. The topological polar surface area (TPSA) is 110 Å². The standard InChI is InChI=1S/C26H24N2O6/c1-16-8-9-17(2)19(12-16)15-27-21-7-5-4-6-20(21)26(31,25(27)30)14-23(29)18-10-11-24(34-3)22(13-18)28(32)33/h4-13,31H,14-15H2,1-3H3. The number of benzene rings is 3. The molecule has 3 aromatic carbocycles. The van der Waals surface area contributed by atoms with Crippen molar-refractivity contribution in [3.63, 3.8) is 0 Å². The van der Waals surface area contributed by atoms with E-state index < -0.39 is 28.6 Å². The SMILES string of the molecule is COc1ccc(C(=O)CC2(O)C(=O)N(Cc3cc(C)ccc3C)c3ccccc32)cc1[N+](=O)[O-]. The lowest BCUT2D eigenvalue weighted by Crippen LogP contribution is -2.41. The fraction of sp³-hybridized carbons (Fsp3) is 0.231. The first-order valence-electron chi connectivity index (χ1n) is 10.7. The Balaban J connectivity index is 1.69. The second kappa shape index (κ2) is 8.72. The van der Waals surface area contributed by atoms with E-state index in [1.165, 1.54) is 24.1 Å². The van der Waals surface area contributed by atoms with E-state index in [9.17, 15) is 24.8 Å². The zero-order chi connectivity index (χ0) is 24.6. The van der Waals surface area contributed by atoms with Gasteiger partial charge in [-0.1, -0.05) is 42.0 Å². The van der Waals surface area contributed by atoms with Crippen LogP contribution in [0.2, 0.25) is 0 Å². The van der Waals surface area contributed by atoms with Gasteiger partial charge in [-0.05, 0) is 43.2 Å². The number of ether oxygens (including phenoxy) is 1. The third kappa shape index (κ3) is 3.92. The van der Waals surface area contributed by atoms with E-state index in [0.29, 0.717) is 11.3 Å². The van der Waals surface area contributed by atoms with Gasteiger partial charge < -0.3 is 14.7 Å². The minimum Gasteiger partial charge on any atom is -0.490 e. The van der Waals surface area contributed by atoms with Gasteiger partial charge in [0, 0.05) is 17.2 Å². The van der Waals surface area contributed by atoms with Crippen molar-refractivity contribution in [1.82, 2.24) is 0 Å². The number of hydrogen-bond donors (Lipinski definition) is 1. The second-order valence-corrected chi connectivity index (χ2v) is 8.44. The fourth-order valence-electron chi connectivity index (χ4n) is 4.32. The number of amides is 1. The summed E-state index contributed by atoms with van der Waals surface area (Å²) in [6, 6.07) is 16.6. The van der Waals surface area contributed by atoms with Crippen molar-refractivity contribution >= 4 is 23.1 Å². The molecule has 0 aromatic heterocycles. The van der Waals surface area contributed by atoms with Crippen LogP contribution in [0.3, 0.4) is 0 Å². The lowest BCUT2D eigenvalue weighted by molar-refractivity contribution is -0.385. The highest BCUT2D eigenvalue weighted by atomic mass is 16.6. The number of ketones is 1. The van der Waals surface area contributed by atoms with Crippen LogP contribution in [0, 0.1) is 24.0 Å². The third-order valence-electron chi connectivity index (χ3n) is 6.19. The van der Waals surface area contributed by atoms with Crippen LogP contribution in [0.25, 0.3) is 0 Å². The maximum Gasteiger partial charge on any atom is 0.311 e. The van der Waals surface area contributed by atoms with Crippen LogP contribution < -0.4 is 9.64 Å². The first-order chi connectivity index (χ1) is 16.2. The van der Waals surface area contributed by atoms with Crippen LogP contribution >= 0.6 is 0 Å². The van der Waals surface area contributed by atoms with Gasteiger partial charge in [0.25, 0.3) is 5.91 Å². The summed E-state index contributed by atoms with van der Waals surface area (Å²) in [6.07, 6.45) is -0.546. The minimum atomic E-state index is -2.08. The average molecular weight is 460 g/mol. The van der Waals surface area contributed by atoms with Crippen LogP contribution in [0.5, 0.6) is 5.75 Å². The zero-order valence-corrected chi connectivity index (χ0v) is 19.1. The molecule has 1 heterocycles. The Labute approximate surface area is 196 Å². The Morgan fingerprint density at radius 2 is 1.85 bits per heavy atom. The number of para-hydroxylation sites is 1. The highest BCUT2D eigenvalue weighted by Crippen LogP contribution is 2.44. The number of hydrogen-bond acceptors (Lipinski definition) is 6. The molecule has 0 radical (unpaired) electrons. The number of nitro benzene ring substituents is 1. The highest BCUT2D eigenvalue weighted by molar-refractivity contribution is 6.10. The van der Waals surface area contributed by atoms with E-state index in [1.807, 2.05) is 32.0 Å². The van der Waals surface area contributed by atoms with Crippen LogP contribution in [0.15, 0.2) is 60.7 Å². The lowest BCUT2D eigenvalue weighted by Gasteiger charge is -2.23. The number of nitro groups is 1. The number of anilines is 1. The molecular formula is C26H24N2O6. The zero-order valence-electron chi connectivity index (χ0n) is 19.1. The molecule has 8 heteroatoms. The van der Waals surface area contributed by atoms with E-state index in [-0.39, 0.29) is 23.5 Å². The van der Waals surface area contributed by atoms with Crippen molar-refractivity contribution in [3.05, 3.63) is 98.6 Å². The van der Waals surface area contributed by atoms with Gasteiger partial charge >= 0.3 is 5.69 Å². The maximum absolute atomic E-state index is 13.5. The second-order valence-electron chi connectivity index (χ2n) is 8.44. The van der Waals surface area contributed by atoms with Crippen molar-refractivity contribution in [2.75, 3.05) is 12.0 Å². The molecule has 1 aliphatic rings. The molecule has 0 saturated heterocycles. The number of Topliss-reactive ketones (excluding diaryl/α,β-unsaturated/α-hetero) is 1. The predicted molar refractivity (Wildman–Crippen MR) is 126 cm³/mol. The molecular weight excluding hydrogens is 436 g/mol. The Morgan fingerprint density at radius 1 is 1.12 bits per heavy atom. The van der Waals surface area contributed by atoms with Crippen molar-refractivity contribution in [2.45, 2.75) is 32.4 Å². The lowest BCUT2D eigenvalue weighted by atomic mass is 9.88. The van der Waals surface area contributed by atoms with E-state index in [0.717, 1.165) is 22.8 Å². The molecule has 1 amide bonds. The first kappa shape index (κ1) is 23.1. The Bertz CT molecular complexity index is 1320. The van der Waals surface area contributed by atoms with Gasteiger partial charge in [-0.25, -0.2) is 0 Å². The Morgan fingerprint density at radius 3 is 2.56 bits per heavy atom. The van der Waals surface area contributed by atoms with Gasteiger partial charge in [0.15, 0.2) is 17.1 Å². The van der Waals surface area contributed by atoms with Crippen LogP contribution in [-0.4, -0.2) is 28.8 Å². The van der Waals surface area contributed by atoms with Gasteiger partial charge in [0.1, 0.15) is 0 Å². The minimum absolute atomic E-state index is 0.0131. The third-order valence-corrected chi connectivity index (χ3v) is 6.19. The number of methoxy groups -OCH3 is 1. The summed E-state index contributed by atoms with van der Waals surface area (Å²) in [7, 11) is 1.30. The molecule has 0 bridgehead atoms. The number of nitrogens with zero attached hydrogens (tertiary/aromatic N) is 2. The maximum atomic E-state index is 13.5. The van der Waals surface area contributed by atoms with Crippen LogP contribution in [0.1, 0.15) is 39.0 Å². The Kier molecular flexibility index (Phi) is 5.93. The summed E-state index contributed by atoms with van der Waals surface area (Å²) >= 11 is 0. The molecule has 1 atom stereocenters. The molecule has 1 N–H and O–H groups in total. The predicted octanol–water partition coefficient (Wildman–Crippen LogP) is 4.23. The number of rotatable bonds is 7. The molecule has 0 aliphatic carbocycles.